The Morgan fingerprint density at radius 1 is 1.30 bits per heavy atom. The van der Waals surface area contributed by atoms with Crippen LogP contribution in [0.4, 0.5) is 10.2 Å². The normalized spacial score (nSPS) is 15.4. The van der Waals surface area contributed by atoms with Crippen molar-refractivity contribution in [1.82, 2.24) is 29.4 Å². The van der Waals surface area contributed by atoms with Crippen LogP contribution in [0.1, 0.15) is 26.0 Å². The summed E-state index contributed by atoms with van der Waals surface area (Å²) >= 11 is 6.67. The maximum Gasteiger partial charge on any atom is 0.355 e. The van der Waals surface area contributed by atoms with E-state index in [1.165, 1.54) is 41.4 Å². The first-order valence-corrected chi connectivity index (χ1v) is 13.2. The first-order chi connectivity index (χ1) is 19.2. The second-order valence-electron chi connectivity index (χ2n) is 9.51. The topological polar surface area (TPSA) is 117 Å². The van der Waals surface area contributed by atoms with Crippen LogP contribution in [0.15, 0.2) is 54.2 Å². The zero-order chi connectivity index (χ0) is 28.6. The third kappa shape index (κ3) is 4.77. The molecule has 5 rings (SSSR count). The van der Waals surface area contributed by atoms with Crippen LogP contribution in [0.3, 0.4) is 0 Å². The van der Waals surface area contributed by atoms with Crippen LogP contribution in [0.2, 0.25) is 5.02 Å². The van der Waals surface area contributed by atoms with Gasteiger partial charge >= 0.3 is 5.69 Å². The largest absolute Gasteiger partial charge is 0.507 e. The quantitative estimate of drug-likeness (QED) is 0.351. The predicted octanol–water partition coefficient (Wildman–Crippen LogP) is 3.91. The number of amides is 1. The number of benzene rings is 1. The van der Waals surface area contributed by atoms with Gasteiger partial charge in [0.15, 0.2) is 5.65 Å². The van der Waals surface area contributed by atoms with E-state index in [1.54, 1.807) is 11.0 Å². The van der Waals surface area contributed by atoms with E-state index in [0.29, 0.717) is 48.6 Å². The molecule has 1 N–H and O–H groups in total. The van der Waals surface area contributed by atoms with Crippen molar-refractivity contribution in [3.05, 3.63) is 76.5 Å². The number of aromatic hydroxyl groups is 1. The summed E-state index contributed by atoms with van der Waals surface area (Å²) in [6, 6.07) is 5.27. The summed E-state index contributed by atoms with van der Waals surface area (Å²) in [5, 5.41) is 11.0. The molecule has 40 heavy (non-hydrogen) atoms. The van der Waals surface area contributed by atoms with Gasteiger partial charge in [0.05, 0.1) is 39.2 Å². The van der Waals surface area contributed by atoms with Crippen molar-refractivity contribution < 1.29 is 14.3 Å². The Bertz CT molecular complexity index is 1670. The molecule has 0 unspecified atom stereocenters. The van der Waals surface area contributed by atoms with Gasteiger partial charge in [-0.1, -0.05) is 37.6 Å². The van der Waals surface area contributed by atoms with Gasteiger partial charge < -0.3 is 14.9 Å². The number of aromatic nitrogens is 5. The molecule has 12 heteroatoms. The van der Waals surface area contributed by atoms with Crippen LogP contribution in [-0.2, 0) is 11.2 Å². The summed E-state index contributed by atoms with van der Waals surface area (Å²) in [4.78, 5) is 47.2. The molecule has 10 nitrogen and oxygen atoms in total. The third-order valence-electron chi connectivity index (χ3n) is 6.92. The SMILES string of the molecule is C=CC(=O)N1CCN(c2nc(=O)n(-c3cncnc3CCC)c3nc(-c4c(O)cccc4F)c(Cl)cc23)[C@@H](C)C1. The van der Waals surface area contributed by atoms with E-state index in [4.69, 9.17) is 11.6 Å². The summed E-state index contributed by atoms with van der Waals surface area (Å²) in [5.41, 5.74) is 0.318. The van der Waals surface area contributed by atoms with Crippen LogP contribution in [-0.4, -0.2) is 66.1 Å². The molecule has 0 radical (unpaired) electrons. The maximum atomic E-state index is 14.9. The Balaban J connectivity index is 1.79. The van der Waals surface area contributed by atoms with Crippen molar-refractivity contribution >= 4 is 34.4 Å². The van der Waals surface area contributed by atoms with Crippen molar-refractivity contribution in [3.8, 4) is 22.7 Å². The average molecular weight is 564 g/mol. The number of hydrogen-bond acceptors (Lipinski definition) is 8. The molecule has 1 aliphatic heterocycles. The van der Waals surface area contributed by atoms with Gasteiger partial charge in [-0.25, -0.2) is 28.7 Å². The lowest BCUT2D eigenvalue weighted by Gasteiger charge is -2.40. The molecule has 1 atom stereocenters. The number of hydrogen-bond donors (Lipinski definition) is 1. The van der Waals surface area contributed by atoms with Gasteiger partial charge in [0.2, 0.25) is 5.91 Å². The van der Waals surface area contributed by atoms with Crippen molar-refractivity contribution in [2.45, 2.75) is 32.7 Å². The predicted molar refractivity (Wildman–Crippen MR) is 150 cm³/mol. The lowest BCUT2D eigenvalue weighted by atomic mass is 10.1. The third-order valence-corrected chi connectivity index (χ3v) is 7.20. The summed E-state index contributed by atoms with van der Waals surface area (Å²) in [6.45, 7) is 8.67. The summed E-state index contributed by atoms with van der Waals surface area (Å²) in [5.74, 6) is -0.903. The summed E-state index contributed by atoms with van der Waals surface area (Å²) in [7, 11) is 0. The lowest BCUT2D eigenvalue weighted by molar-refractivity contribution is -0.126. The van der Waals surface area contributed by atoms with Gasteiger partial charge in [0.25, 0.3) is 0 Å². The van der Waals surface area contributed by atoms with E-state index >= 15 is 0 Å². The fourth-order valence-corrected chi connectivity index (χ4v) is 5.28. The Morgan fingerprint density at radius 2 is 2.10 bits per heavy atom. The maximum absolute atomic E-state index is 14.9. The Morgan fingerprint density at radius 3 is 2.80 bits per heavy atom. The number of rotatable bonds is 6. The molecule has 0 spiro atoms. The number of phenols is 1. The Kier molecular flexibility index (Phi) is 7.49. The van der Waals surface area contributed by atoms with E-state index in [1.807, 2.05) is 18.7 Å². The molecule has 1 aromatic carbocycles. The number of pyridine rings is 1. The highest BCUT2D eigenvalue weighted by molar-refractivity contribution is 6.34. The first-order valence-electron chi connectivity index (χ1n) is 12.8. The highest BCUT2D eigenvalue weighted by Crippen LogP contribution is 2.38. The van der Waals surface area contributed by atoms with E-state index in [2.05, 4.69) is 26.5 Å². The van der Waals surface area contributed by atoms with Crippen LogP contribution in [0.5, 0.6) is 5.75 Å². The summed E-state index contributed by atoms with van der Waals surface area (Å²) in [6.07, 6.45) is 5.52. The molecule has 4 aromatic rings. The molecule has 1 aliphatic rings. The number of carbonyl (C=O) groups is 1. The van der Waals surface area contributed by atoms with Crippen molar-refractivity contribution in [3.63, 3.8) is 0 Å². The van der Waals surface area contributed by atoms with Gasteiger partial charge in [-0.15, -0.1) is 0 Å². The van der Waals surface area contributed by atoms with Gasteiger partial charge in [-0.05, 0) is 37.6 Å². The standard InChI is InChI=1S/C28H27ClFN7O3/c1-4-7-20-21(13-31-15-32-20)37-27-17(12-18(29)25(33-27)24-19(30)8-6-9-22(24)38)26(34-28(37)40)36-11-10-35(14-16(36)3)23(39)5-2/h5-6,8-9,12-13,15-16,38H,2,4,7,10-11,14H2,1,3H3/t16-/m0/s1. The van der Waals surface area contributed by atoms with Gasteiger partial charge in [-0.2, -0.15) is 4.98 Å². The minimum atomic E-state index is -0.719. The number of fused-ring (bicyclic) bond motifs is 1. The van der Waals surface area contributed by atoms with Crippen LogP contribution < -0.4 is 10.6 Å². The highest BCUT2D eigenvalue weighted by Gasteiger charge is 2.30. The van der Waals surface area contributed by atoms with E-state index in [-0.39, 0.29) is 39.6 Å². The van der Waals surface area contributed by atoms with Gasteiger partial charge in [0, 0.05) is 25.7 Å². The Hall–Kier alpha value is -4.38. The molecule has 0 aliphatic carbocycles. The number of nitrogens with zero attached hydrogens (tertiary/aromatic N) is 7. The zero-order valence-electron chi connectivity index (χ0n) is 22.0. The van der Waals surface area contributed by atoms with E-state index in [0.717, 1.165) is 6.42 Å². The molecule has 4 heterocycles. The fourth-order valence-electron chi connectivity index (χ4n) is 5.03. The van der Waals surface area contributed by atoms with Crippen LogP contribution in [0.25, 0.3) is 28.0 Å². The number of phenolic OH excluding ortho intramolecular Hbond substituents is 1. The van der Waals surface area contributed by atoms with Crippen molar-refractivity contribution in [2.24, 2.45) is 0 Å². The van der Waals surface area contributed by atoms with E-state index < -0.39 is 11.5 Å². The molecule has 1 amide bonds. The second kappa shape index (κ2) is 11.0. The molecule has 1 saturated heterocycles. The van der Waals surface area contributed by atoms with E-state index in [9.17, 15) is 19.1 Å². The van der Waals surface area contributed by atoms with Crippen molar-refractivity contribution in [1.29, 1.82) is 0 Å². The number of aryl methyl sites for hydroxylation is 1. The highest BCUT2D eigenvalue weighted by atomic mass is 35.5. The van der Waals surface area contributed by atoms with Gasteiger partial charge in [-0.3, -0.25) is 4.79 Å². The molecular weight excluding hydrogens is 537 g/mol. The first kappa shape index (κ1) is 27.2. The molecule has 0 bridgehead atoms. The number of carbonyl (C=O) groups excluding carboxylic acids is 1. The zero-order valence-corrected chi connectivity index (χ0v) is 22.8. The average Bonchev–Trinajstić information content (AvgIpc) is 2.93. The number of piperazine rings is 1. The van der Waals surface area contributed by atoms with Crippen molar-refractivity contribution in [2.75, 3.05) is 24.5 Å². The monoisotopic (exact) mass is 563 g/mol. The molecule has 206 valence electrons. The minimum Gasteiger partial charge on any atom is -0.507 e. The van der Waals surface area contributed by atoms with Crippen LogP contribution in [0, 0.1) is 5.82 Å². The Labute approximate surface area is 234 Å². The number of anilines is 1. The fraction of sp³-hybridized carbons (Fsp3) is 0.286. The molecule has 0 saturated carbocycles. The second-order valence-corrected chi connectivity index (χ2v) is 9.92. The molecule has 1 fully saturated rings. The molecule has 3 aromatic heterocycles. The lowest BCUT2D eigenvalue weighted by Crippen LogP contribution is -2.54. The minimum absolute atomic E-state index is 0.0293. The molecular formula is C28H27ClFN7O3. The summed E-state index contributed by atoms with van der Waals surface area (Å²) < 4.78 is 16.2. The smallest absolute Gasteiger partial charge is 0.355 e. The number of halogens is 2. The van der Waals surface area contributed by atoms with Gasteiger partial charge in [0.1, 0.15) is 23.7 Å². The van der Waals surface area contributed by atoms with Crippen LogP contribution >= 0.6 is 11.6 Å².